The van der Waals surface area contributed by atoms with E-state index >= 15 is 0 Å². The molecule has 0 fully saturated rings. The summed E-state index contributed by atoms with van der Waals surface area (Å²) in [6.07, 6.45) is -0.658. The number of hydrogen-bond donors (Lipinski definition) is 1. The first-order chi connectivity index (χ1) is 17.9. The Labute approximate surface area is 214 Å². The second kappa shape index (κ2) is 9.77. The summed E-state index contributed by atoms with van der Waals surface area (Å²) in [5.74, 6) is -0.293. The van der Waals surface area contributed by atoms with Crippen molar-refractivity contribution in [3.8, 4) is 0 Å². The SMILES string of the molecule is CCOC(=O)n1nc(NC(=O)c2ccc(N(C)C)cc2)c2c1CN(C(=O)c1cccc3ccccc13)C2. The first kappa shape index (κ1) is 24.1. The van der Waals surface area contributed by atoms with Crippen molar-refractivity contribution in [1.29, 1.82) is 0 Å². The van der Waals surface area contributed by atoms with Gasteiger partial charge in [-0.05, 0) is 48.0 Å². The zero-order valence-electron chi connectivity index (χ0n) is 20.9. The van der Waals surface area contributed by atoms with E-state index in [2.05, 4.69) is 10.4 Å². The van der Waals surface area contributed by atoms with E-state index in [1.807, 2.05) is 67.5 Å². The standard InChI is InChI=1S/C28H27N5O4/c1-4-37-28(36)33-24-17-32(27(35)22-11-7-9-18-8-5-6-10-21(18)22)16-23(24)25(30-33)29-26(34)19-12-14-20(15-13-19)31(2)3/h5-15H,4,16-17H2,1-3H3,(H,29,30,34). The van der Waals surface area contributed by atoms with E-state index in [1.165, 1.54) is 0 Å². The molecular weight excluding hydrogens is 470 g/mol. The topological polar surface area (TPSA) is 96.8 Å². The summed E-state index contributed by atoms with van der Waals surface area (Å²) in [5.41, 5.74) is 3.12. The minimum absolute atomic E-state index is 0.163. The summed E-state index contributed by atoms with van der Waals surface area (Å²) in [4.78, 5) is 42.8. The normalized spacial score (nSPS) is 12.4. The van der Waals surface area contributed by atoms with Crippen LogP contribution in [-0.4, -0.2) is 53.3 Å². The Balaban J connectivity index is 1.45. The molecule has 0 saturated carbocycles. The number of aromatic nitrogens is 2. The fourth-order valence-corrected chi connectivity index (χ4v) is 4.49. The van der Waals surface area contributed by atoms with Crippen molar-refractivity contribution in [2.45, 2.75) is 20.0 Å². The van der Waals surface area contributed by atoms with Gasteiger partial charge in [-0.3, -0.25) is 9.59 Å². The zero-order valence-corrected chi connectivity index (χ0v) is 20.9. The van der Waals surface area contributed by atoms with E-state index < -0.39 is 6.09 Å². The van der Waals surface area contributed by atoms with Crippen molar-refractivity contribution < 1.29 is 19.1 Å². The molecule has 0 unspecified atom stereocenters. The van der Waals surface area contributed by atoms with Crippen LogP contribution in [-0.2, 0) is 17.8 Å². The molecule has 0 aliphatic carbocycles. The second-order valence-corrected chi connectivity index (χ2v) is 8.97. The molecule has 1 N–H and O–H groups in total. The number of carbonyl (C=O) groups excluding carboxylic acids is 3. The molecule has 4 aromatic rings. The van der Waals surface area contributed by atoms with Gasteiger partial charge in [0.25, 0.3) is 11.8 Å². The van der Waals surface area contributed by atoms with Crippen molar-refractivity contribution >= 4 is 40.2 Å². The number of amides is 2. The molecule has 9 heteroatoms. The Morgan fingerprint density at radius 1 is 0.973 bits per heavy atom. The molecule has 37 heavy (non-hydrogen) atoms. The zero-order chi connectivity index (χ0) is 26.1. The molecule has 0 bridgehead atoms. The van der Waals surface area contributed by atoms with Crippen molar-refractivity contribution in [1.82, 2.24) is 14.7 Å². The third kappa shape index (κ3) is 4.51. The second-order valence-electron chi connectivity index (χ2n) is 8.97. The highest BCUT2D eigenvalue weighted by Crippen LogP contribution is 2.32. The van der Waals surface area contributed by atoms with E-state index in [1.54, 1.807) is 30.0 Å². The lowest BCUT2D eigenvalue weighted by Gasteiger charge is -2.18. The van der Waals surface area contributed by atoms with Crippen molar-refractivity contribution in [3.63, 3.8) is 0 Å². The minimum Gasteiger partial charge on any atom is -0.448 e. The molecule has 9 nitrogen and oxygen atoms in total. The minimum atomic E-state index is -0.658. The molecular formula is C28H27N5O4. The number of anilines is 2. The van der Waals surface area contributed by atoms with E-state index in [4.69, 9.17) is 4.74 Å². The number of nitrogens with one attached hydrogen (secondary N) is 1. The number of ether oxygens (including phenoxy) is 1. The molecule has 1 aliphatic heterocycles. The average Bonchev–Trinajstić information content (AvgIpc) is 3.48. The van der Waals surface area contributed by atoms with Crippen molar-refractivity contribution in [2.24, 2.45) is 0 Å². The number of nitrogens with zero attached hydrogens (tertiary/aromatic N) is 4. The van der Waals surface area contributed by atoms with E-state index in [-0.39, 0.29) is 37.3 Å². The highest BCUT2D eigenvalue weighted by atomic mass is 16.6. The quantitative estimate of drug-likeness (QED) is 0.436. The lowest BCUT2D eigenvalue weighted by molar-refractivity contribution is 0.0749. The van der Waals surface area contributed by atoms with Gasteiger partial charge in [-0.15, -0.1) is 5.10 Å². The summed E-state index contributed by atoms with van der Waals surface area (Å²) in [5, 5.41) is 8.99. The fraction of sp³-hybridized carbons (Fsp3) is 0.214. The fourth-order valence-electron chi connectivity index (χ4n) is 4.49. The van der Waals surface area contributed by atoms with Crippen LogP contribution >= 0.6 is 0 Å². The third-order valence-corrected chi connectivity index (χ3v) is 6.41. The molecule has 0 spiro atoms. The van der Waals surface area contributed by atoms with Crippen LogP contribution in [0.2, 0.25) is 0 Å². The van der Waals surface area contributed by atoms with Gasteiger partial charge in [0.05, 0.1) is 25.4 Å². The van der Waals surface area contributed by atoms with Crippen LogP contribution in [0.3, 0.4) is 0 Å². The van der Waals surface area contributed by atoms with Gasteiger partial charge in [0.15, 0.2) is 5.82 Å². The number of hydrogen-bond acceptors (Lipinski definition) is 6. The maximum Gasteiger partial charge on any atom is 0.435 e. The van der Waals surface area contributed by atoms with Crippen LogP contribution in [0.15, 0.2) is 66.7 Å². The summed E-state index contributed by atoms with van der Waals surface area (Å²) in [7, 11) is 3.84. The summed E-state index contributed by atoms with van der Waals surface area (Å²) in [6.45, 7) is 2.24. The van der Waals surface area contributed by atoms with Crippen LogP contribution < -0.4 is 10.2 Å². The van der Waals surface area contributed by atoms with Gasteiger partial charge < -0.3 is 19.9 Å². The van der Waals surface area contributed by atoms with Gasteiger partial charge >= 0.3 is 6.09 Å². The van der Waals surface area contributed by atoms with Crippen molar-refractivity contribution in [3.05, 3.63) is 89.1 Å². The molecule has 2 heterocycles. The smallest absolute Gasteiger partial charge is 0.435 e. The van der Waals surface area contributed by atoms with Gasteiger partial charge in [-0.2, -0.15) is 4.68 Å². The predicted molar refractivity (Wildman–Crippen MR) is 141 cm³/mol. The Hall–Kier alpha value is -4.66. The molecule has 2 amide bonds. The van der Waals surface area contributed by atoms with Crippen LogP contribution in [0.4, 0.5) is 16.3 Å². The van der Waals surface area contributed by atoms with Gasteiger partial charge in [0, 0.05) is 36.5 Å². The third-order valence-electron chi connectivity index (χ3n) is 6.41. The number of rotatable bonds is 5. The average molecular weight is 498 g/mol. The van der Waals surface area contributed by atoms with Gasteiger partial charge in [-0.1, -0.05) is 36.4 Å². The van der Waals surface area contributed by atoms with Crippen LogP contribution in [0.25, 0.3) is 10.8 Å². The summed E-state index contributed by atoms with van der Waals surface area (Å²) in [6, 6.07) is 20.5. The molecule has 0 saturated heterocycles. The lowest BCUT2D eigenvalue weighted by Crippen LogP contribution is -2.28. The highest BCUT2D eigenvalue weighted by Gasteiger charge is 2.34. The Morgan fingerprint density at radius 3 is 2.43 bits per heavy atom. The maximum atomic E-state index is 13.6. The number of fused-ring (bicyclic) bond motifs is 2. The van der Waals surface area contributed by atoms with Crippen LogP contribution in [0.5, 0.6) is 0 Å². The first-order valence-electron chi connectivity index (χ1n) is 12.0. The highest BCUT2D eigenvalue weighted by molar-refractivity contribution is 6.07. The number of benzene rings is 3. The Bertz CT molecular complexity index is 1500. The monoisotopic (exact) mass is 497 g/mol. The molecule has 1 aromatic heterocycles. The van der Waals surface area contributed by atoms with Gasteiger partial charge in [0.2, 0.25) is 0 Å². The molecule has 0 atom stereocenters. The molecule has 5 rings (SSSR count). The van der Waals surface area contributed by atoms with E-state index in [0.29, 0.717) is 22.4 Å². The van der Waals surface area contributed by atoms with Crippen LogP contribution in [0.1, 0.15) is 38.9 Å². The van der Waals surface area contributed by atoms with Gasteiger partial charge in [0.1, 0.15) is 0 Å². The molecule has 188 valence electrons. The predicted octanol–water partition coefficient (Wildman–Crippen LogP) is 4.52. The van der Waals surface area contributed by atoms with E-state index in [9.17, 15) is 14.4 Å². The molecule has 0 radical (unpaired) electrons. The van der Waals surface area contributed by atoms with Crippen molar-refractivity contribution in [2.75, 3.05) is 30.9 Å². The first-order valence-corrected chi connectivity index (χ1v) is 12.0. The maximum absolute atomic E-state index is 13.6. The Kier molecular flexibility index (Phi) is 6.35. The molecule has 3 aromatic carbocycles. The largest absolute Gasteiger partial charge is 0.448 e. The lowest BCUT2D eigenvalue weighted by atomic mass is 10.0. The molecule has 1 aliphatic rings. The Morgan fingerprint density at radius 2 is 1.70 bits per heavy atom. The number of carbonyl (C=O) groups is 3. The summed E-state index contributed by atoms with van der Waals surface area (Å²) < 4.78 is 6.31. The van der Waals surface area contributed by atoms with Crippen LogP contribution in [0, 0.1) is 0 Å². The van der Waals surface area contributed by atoms with Gasteiger partial charge in [-0.25, -0.2) is 4.79 Å². The van der Waals surface area contributed by atoms with E-state index in [0.717, 1.165) is 21.1 Å². The summed E-state index contributed by atoms with van der Waals surface area (Å²) >= 11 is 0.